The van der Waals surface area contributed by atoms with Gasteiger partial charge in [-0.05, 0) is 24.3 Å². The summed E-state index contributed by atoms with van der Waals surface area (Å²) in [5, 5.41) is 20.7. The molecule has 0 saturated heterocycles. The van der Waals surface area contributed by atoms with Gasteiger partial charge in [0.2, 0.25) is 0 Å². The zero-order valence-corrected chi connectivity index (χ0v) is 9.01. The summed E-state index contributed by atoms with van der Waals surface area (Å²) in [6.45, 7) is 0. The number of benzene rings is 2. The predicted molar refractivity (Wildman–Crippen MR) is 61.2 cm³/mol. The van der Waals surface area contributed by atoms with Gasteiger partial charge in [-0.1, -0.05) is 34.6 Å². The molecule has 2 nitrogen and oxygen atoms in total. The third-order valence-corrected chi connectivity index (χ3v) is 3.18. The lowest BCUT2D eigenvalue weighted by Crippen LogP contribution is -2.26. The maximum atomic E-state index is 9.30. The fourth-order valence-corrected chi connectivity index (χ4v) is 2.47. The monoisotopic (exact) mass is 214 g/mol. The Morgan fingerprint density at radius 1 is 0.733 bits per heavy atom. The van der Waals surface area contributed by atoms with Gasteiger partial charge in [0, 0.05) is 0 Å². The van der Waals surface area contributed by atoms with Crippen LogP contribution in [0.1, 0.15) is 0 Å². The highest BCUT2D eigenvalue weighted by atomic mass is 28.2. The highest BCUT2D eigenvalue weighted by Crippen LogP contribution is 2.04. The van der Waals surface area contributed by atoms with E-state index in [0.717, 1.165) is 10.4 Å². The first-order valence-corrected chi connectivity index (χ1v) is 5.59. The Bertz CT molecular complexity index is 425. The van der Waals surface area contributed by atoms with Gasteiger partial charge in [-0.2, -0.15) is 0 Å². The fraction of sp³-hybridized carbons (Fsp3) is 0. The van der Waals surface area contributed by atoms with Gasteiger partial charge in [-0.3, -0.25) is 0 Å². The third-order valence-electron chi connectivity index (χ3n) is 1.98. The summed E-state index contributed by atoms with van der Waals surface area (Å²) >= 11 is 0. The molecule has 2 rings (SSSR count). The van der Waals surface area contributed by atoms with E-state index < -0.39 is 0 Å². The van der Waals surface area contributed by atoms with Gasteiger partial charge in [0.25, 0.3) is 0 Å². The molecule has 0 spiro atoms. The molecule has 15 heavy (non-hydrogen) atoms. The average Bonchev–Trinajstić information content (AvgIpc) is 2.17. The quantitative estimate of drug-likeness (QED) is 0.724. The third kappa shape index (κ3) is 2.60. The van der Waals surface area contributed by atoms with Crippen LogP contribution in [0.3, 0.4) is 0 Å². The Labute approximate surface area is 90.7 Å². The van der Waals surface area contributed by atoms with Gasteiger partial charge in [0.1, 0.15) is 21.0 Å². The van der Waals surface area contributed by atoms with E-state index in [1.807, 2.05) is 24.3 Å². The van der Waals surface area contributed by atoms with Crippen molar-refractivity contribution in [1.82, 2.24) is 0 Å². The molecule has 0 fully saturated rings. The molecule has 0 aliphatic carbocycles. The first-order chi connectivity index (χ1) is 7.24. The van der Waals surface area contributed by atoms with Crippen LogP contribution in [0.5, 0.6) is 11.5 Å². The van der Waals surface area contributed by atoms with E-state index in [1.165, 1.54) is 0 Å². The molecule has 0 aliphatic heterocycles. The first kappa shape index (κ1) is 9.80. The van der Waals surface area contributed by atoms with E-state index in [4.69, 9.17) is 0 Å². The van der Waals surface area contributed by atoms with Gasteiger partial charge in [-0.25, -0.2) is 0 Å². The van der Waals surface area contributed by atoms with Gasteiger partial charge in [0.15, 0.2) is 0 Å². The molecule has 0 aliphatic rings. The van der Waals surface area contributed by atoms with Crippen LogP contribution in [0.4, 0.5) is 0 Å². The van der Waals surface area contributed by atoms with Crippen molar-refractivity contribution < 1.29 is 10.2 Å². The lowest BCUT2D eigenvalue weighted by molar-refractivity contribution is 0.475. The van der Waals surface area contributed by atoms with Crippen molar-refractivity contribution in [2.75, 3.05) is 0 Å². The minimum absolute atomic E-state index is 0.278. The Morgan fingerprint density at radius 3 is 1.60 bits per heavy atom. The number of hydrogen-bond donors (Lipinski definition) is 2. The van der Waals surface area contributed by atoms with E-state index >= 15 is 0 Å². The highest BCUT2D eigenvalue weighted by Gasteiger charge is 1.99. The maximum absolute atomic E-state index is 9.30. The molecule has 0 aromatic heterocycles. The topological polar surface area (TPSA) is 40.5 Å². The molecule has 2 aromatic rings. The zero-order chi connectivity index (χ0) is 10.7. The molecule has 0 amide bonds. The molecule has 0 bridgehead atoms. The molecule has 2 N–H and O–H groups in total. The molecular weight excluding hydrogens is 204 g/mol. The maximum Gasteiger partial charge on any atom is 0.121 e. The molecule has 74 valence electrons. The zero-order valence-electron chi connectivity index (χ0n) is 8.01. The minimum atomic E-state index is 0.278. The Hall–Kier alpha value is -1.74. The smallest absolute Gasteiger partial charge is 0.121 e. The summed E-state index contributed by atoms with van der Waals surface area (Å²) in [7, 11) is 0.450. The van der Waals surface area contributed by atoms with Crippen molar-refractivity contribution in [3.05, 3.63) is 48.5 Å². The van der Waals surface area contributed by atoms with Crippen LogP contribution in [0.25, 0.3) is 0 Å². The fourth-order valence-electron chi connectivity index (χ4n) is 1.33. The largest absolute Gasteiger partial charge is 0.508 e. The summed E-state index contributed by atoms with van der Waals surface area (Å²) in [6, 6.07) is 14.3. The van der Waals surface area contributed by atoms with Crippen molar-refractivity contribution in [3.8, 4) is 11.5 Å². The Kier molecular flexibility index (Phi) is 2.74. The molecule has 0 atom stereocenters. The summed E-state index contributed by atoms with van der Waals surface area (Å²) < 4.78 is 0. The highest BCUT2D eigenvalue weighted by molar-refractivity contribution is 6.67. The molecule has 0 heterocycles. The second kappa shape index (κ2) is 4.19. The summed E-state index contributed by atoms with van der Waals surface area (Å²) in [4.78, 5) is 0. The molecule has 3 heteroatoms. The average molecular weight is 214 g/mol. The van der Waals surface area contributed by atoms with Gasteiger partial charge < -0.3 is 10.2 Å². The molecule has 2 aromatic carbocycles. The summed E-state index contributed by atoms with van der Waals surface area (Å²) in [6.07, 6.45) is 0. The van der Waals surface area contributed by atoms with Gasteiger partial charge >= 0.3 is 0 Å². The van der Waals surface area contributed by atoms with Crippen molar-refractivity contribution in [2.24, 2.45) is 0 Å². The summed E-state index contributed by atoms with van der Waals surface area (Å²) in [5.74, 6) is 0.556. The van der Waals surface area contributed by atoms with E-state index in [0.29, 0.717) is 9.52 Å². The molecule has 0 unspecified atom stereocenters. The number of phenols is 2. The number of phenolic OH excluding ortho intramolecular Hbond substituents is 2. The molecule has 2 radical (unpaired) electrons. The van der Waals surface area contributed by atoms with Crippen LogP contribution in [0, 0.1) is 0 Å². The normalized spacial score (nSPS) is 10.1. The van der Waals surface area contributed by atoms with Crippen molar-refractivity contribution in [1.29, 1.82) is 0 Å². The first-order valence-electron chi connectivity index (χ1n) is 4.59. The number of aromatic hydroxyl groups is 2. The van der Waals surface area contributed by atoms with Crippen LogP contribution >= 0.6 is 0 Å². The second-order valence-corrected chi connectivity index (χ2v) is 4.63. The summed E-state index contributed by atoms with van der Waals surface area (Å²) in [5.41, 5.74) is 0. The van der Waals surface area contributed by atoms with Crippen LogP contribution < -0.4 is 10.4 Å². The lowest BCUT2D eigenvalue weighted by atomic mass is 10.3. The van der Waals surface area contributed by atoms with Crippen LogP contribution in [-0.2, 0) is 0 Å². The number of hydrogen-bond acceptors (Lipinski definition) is 2. The molecule has 0 saturated carbocycles. The van der Waals surface area contributed by atoms with E-state index in [9.17, 15) is 10.2 Å². The number of rotatable bonds is 2. The van der Waals surface area contributed by atoms with Gasteiger partial charge in [0.05, 0.1) is 0 Å². The van der Waals surface area contributed by atoms with Crippen LogP contribution in [-0.4, -0.2) is 19.7 Å². The van der Waals surface area contributed by atoms with Crippen molar-refractivity contribution in [3.63, 3.8) is 0 Å². The SMILES string of the molecule is Oc1cccc([Si]c2cccc(O)c2)c1. The lowest BCUT2D eigenvalue weighted by Gasteiger charge is -2.01. The van der Waals surface area contributed by atoms with Crippen molar-refractivity contribution in [2.45, 2.75) is 0 Å². The second-order valence-electron chi connectivity index (χ2n) is 3.23. The van der Waals surface area contributed by atoms with Crippen LogP contribution in [0.2, 0.25) is 0 Å². The van der Waals surface area contributed by atoms with E-state index in [-0.39, 0.29) is 11.5 Å². The van der Waals surface area contributed by atoms with Crippen LogP contribution in [0.15, 0.2) is 48.5 Å². The standard InChI is InChI=1S/C12H10O2Si/c13-9-3-1-5-11(7-9)15-12-6-2-4-10(14)8-12/h1-8,13-14H. The molecular formula is C12H10O2Si. The predicted octanol–water partition coefficient (Wildman–Crippen LogP) is 0.753. The van der Waals surface area contributed by atoms with E-state index in [2.05, 4.69) is 0 Å². The Morgan fingerprint density at radius 2 is 1.20 bits per heavy atom. The Balaban J connectivity index is 2.22. The van der Waals surface area contributed by atoms with Crippen molar-refractivity contribution >= 4 is 19.9 Å². The van der Waals surface area contributed by atoms with Gasteiger partial charge in [-0.15, -0.1) is 0 Å². The van der Waals surface area contributed by atoms with E-state index in [1.54, 1.807) is 24.3 Å². The minimum Gasteiger partial charge on any atom is -0.508 e.